The summed E-state index contributed by atoms with van der Waals surface area (Å²) in [6.45, 7) is 10.6. The largest absolute Gasteiger partial charge is 1.00 e. The number of carbonyl (C=O) groups is 5. The van der Waals surface area contributed by atoms with Crippen LogP contribution in [-0.4, -0.2) is 79.6 Å². The van der Waals surface area contributed by atoms with E-state index in [1.165, 1.54) is 64.2 Å². The summed E-state index contributed by atoms with van der Waals surface area (Å²) in [4.78, 5) is 57.3. The minimum absolute atomic E-state index is 0. The second-order valence-corrected chi connectivity index (χ2v) is 16.3. The van der Waals surface area contributed by atoms with Crippen LogP contribution in [0, 0.1) is 11.8 Å². The van der Waals surface area contributed by atoms with E-state index in [0.29, 0.717) is 6.42 Å². The van der Waals surface area contributed by atoms with Crippen LogP contribution in [0.3, 0.4) is 0 Å². The molecule has 0 bridgehead atoms. The maximum atomic E-state index is 12.2. The summed E-state index contributed by atoms with van der Waals surface area (Å²) in [5.74, 6) is -3.51. The molecule has 0 aliphatic heterocycles. The average Bonchev–Trinajstić information content (AvgIpc) is 3.16. The van der Waals surface area contributed by atoms with Crippen molar-refractivity contribution < 1.29 is 92.0 Å². The number of carbonyl (C=O) groups excluding carboxylic acids is 4. The monoisotopic (exact) mass is 847 g/mol. The molecule has 57 heavy (non-hydrogen) atoms. The molecule has 0 aliphatic rings. The molecule has 0 rings (SSSR count). The van der Waals surface area contributed by atoms with Gasteiger partial charge in [-0.3, -0.25) is 28.5 Å². The number of rotatable bonds is 36. The molecular weight excluding hydrogens is 768 g/mol. The number of aliphatic carboxylic acids is 1. The van der Waals surface area contributed by atoms with Crippen LogP contribution in [0.1, 0.15) is 197 Å². The van der Waals surface area contributed by atoms with E-state index < -0.39 is 45.7 Å². The molecule has 0 radical (unpaired) electrons. The van der Waals surface area contributed by atoms with E-state index in [0.717, 1.165) is 70.6 Å². The molecule has 0 amide bonds. The van der Waals surface area contributed by atoms with Crippen LogP contribution in [0.5, 0.6) is 0 Å². The third kappa shape index (κ3) is 39.5. The average molecular weight is 847 g/mol. The zero-order valence-electron chi connectivity index (χ0n) is 37.5. The molecule has 0 spiro atoms. The number of unbranched alkanes of at least 4 members (excludes halogenated alkanes) is 14. The molecule has 0 aromatic heterocycles. The van der Waals surface area contributed by atoms with Crippen molar-refractivity contribution in [2.24, 2.45) is 11.8 Å². The van der Waals surface area contributed by atoms with Gasteiger partial charge in [-0.05, 0) is 31.1 Å². The first-order valence-electron chi connectivity index (χ1n) is 21.6. The van der Waals surface area contributed by atoms with Crippen LogP contribution in [0.2, 0.25) is 0 Å². The summed E-state index contributed by atoms with van der Waals surface area (Å²) in [5.41, 5.74) is 0. The number of carboxylic acid groups (broad SMARTS) is 1. The summed E-state index contributed by atoms with van der Waals surface area (Å²) < 4.78 is 52.5. The van der Waals surface area contributed by atoms with E-state index >= 15 is 0 Å². The van der Waals surface area contributed by atoms with Crippen LogP contribution < -0.4 is 29.6 Å². The first-order chi connectivity index (χ1) is 26.7. The number of hydrogen-bond donors (Lipinski definition) is 2. The second kappa shape index (κ2) is 41.0. The SMILES string of the molecule is CCCCC(CC)COC(=O)CC(C(=O)OCC(CC)CCCC)S(=O)(=O)O.CCCCCCCCCCCCCCCC(=O)OCCOC(=O)CCC(=O)O.[H-].[Na+]. The van der Waals surface area contributed by atoms with Gasteiger partial charge in [0.05, 0.1) is 32.5 Å². The standard InChI is InChI=1S/C22H40O6.C20H38O7S.Na.H/c1-2-3-4-5-6-7-8-9-10-11-12-13-14-15-21(25)27-18-19-28-22(26)17-16-20(23)24;1-5-9-11-16(7-3)14-26-19(21)13-18(28(23,24)25)20(22)27-15-17(8-4)12-10-6-2;;/h2-19H2,1H3,(H,23,24);16-18H,5-15H2,1-4H3,(H,23,24,25);;/q;;+1;-1. The number of ether oxygens (including phenoxy) is 4. The summed E-state index contributed by atoms with van der Waals surface area (Å²) >= 11 is 0. The van der Waals surface area contributed by atoms with Gasteiger partial charge < -0.3 is 25.5 Å². The Morgan fingerprint density at radius 2 is 0.930 bits per heavy atom. The molecule has 3 atom stereocenters. The Hall–Kier alpha value is -1.74. The van der Waals surface area contributed by atoms with Gasteiger partial charge in [0.2, 0.25) is 0 Å². The quantitative estimate of drug-likeness (QED) is 0.0223. The van der Waals surface area contributed by atoms with E-state index in [-0.39, 0.29) is 88.1 Å². The predicted octanol–water partition coefficient (Wildman–Crippen LogP) is 6.69. The molecule has 0 fully saturated rings. The van der Waals surface area contributed by atoms with Crippen LogP contribution in [-0.2, 0) is 53.0 Å². The van der Waals surface area contributed by atoms with E-state index in [4.69, 9.17) is 24.1 Å². The fourth-order valence-electron chi connectivity index (χ4n) is 5.77. The van der Waals surface area contributed by atoms with Crippen molar-refractivity contribution in [3.05, 3.63) is 0 Å². The van der Waals surface area contributed by atoms with Gasteiger partial charge in [-0.15, -0.1) is 0 Å². The fraction of sp³-hybridized carbons (Fsp3) is 0.881. The minimum atomic E-state index is -4.76. The van der Waals surface area contributed by atoms with Gasteiger partial charge in [0, 0.05) is 6.42 Å². The molecule has 0 aromatic carbocycles. The Morgan fingerprint density at radius 1 is 0.526 bits per heavy atom. The van der Waals surface area contributed by atoms with E-state index in [2.05, 4.69) is 20.8 Å². The number of hydrogen-bond acceptors (Lipinski definition) is 11. The summed E-state index contributed by atoms with van der Waals surface area (Å²) in [5, 5.41) is 6.50. The molecule has 332 valence electrons. The molecule has 2 N–H and O–H groups in total. The molecule has 13 nitrogen and oxygen atoms in total. The third-order valence-electron chi connectivity index (χ3n) is 9.64. The smallest absolute Gasteiger partial charge is 1.00 e. The van der Waals surface area contributed by atoms with E-state index in [9.17, 15) is 36.9 Å². The van der Waals surface area contributed by atoms with Crippen LogP contribution in [0.15, 0.2) is 0 Å². The Morgan fingerprint density at radius 3 is 1.33 bits per heavy atom. The number of carboxylic acids is 1. The Balaban J connectivity index is -0.000000486. The van der Waals surface area contributed by atoms with Crippen molar-refractivity contribution in [1.29, 1.82) is 0 Å². The Labute approximate surface area is 368 Å². The van der Waals surface area contributed by atoms with Crippen LogP contribution >= 0.6 is 0 Å². The Kier molecular flexibility index (Phi) is 42.9. The van der Waals surface area contributed by atoms with Gasteiger partial charge in [-0.1, -0.05) is 150 Å². The predicted molar refractivity (Wildman–Crippen MR) is 219 cm³/mol. The molecular formula is C42H79NaO13S. The first kappa shape index (κ1) is 59.6. The van der Waals surface area contributed by atoms with Crippen molar-refractivity contribution in [1.82, 2.24) is 0 Å². The van der Waals surface area contributed by atoms with Crippen molar-refractivity contribution in [3.63, 3.8) is 0 Å². The zero-order valence-corrected chi connectivity index (χ0v) is 39.3. The summed E-state index contributed by atoms with van der Waals surface area (Å²) in [6, 6.07) is 0. The van der Waals surface area contributed by atoms with Crippen molar-refractivity contribution in [3.8, 4) is 0 Å². The van der Waals surface area contributed by atoms with Crippen LogP contribution in [0.4, 0.5) is 0 Å². The first-order valence-corrected chi connectivity index (χ1v) is 23.1. The maximum absolute atomic E-state index is 12.2. The van der Waals surface area contributed by atoms with Gasteiger partial charge >= 0.3 is 59.4 Å². The van der Waals surface area contributed by atoms with Gasteiger partial charge in [0.25, 0.3) is 10.1 Å². The molecule has 15 heteroatoms. The fourth-order valence-corrected chi connectivity index (χ4v) is 6.43. The molecule has 0 saturated heterocycles. The van der Waals surface area contributed by atoms with Gasteiger partial charge in [0.1, 0.15) is 13.2 Å². The van der Waals surface area contributed by atoms with Crippen molar-refractivity contribution >= 4 is 40.0 Å². The minimum Gasteiger partial charge on any atom is -1.00 e. The molecule has 0 aromatic rings. The number of esters is 4. The van der Waals surface area contributed by atoms with Gasteiger partial charge in [-0.25, -0.2) is 0 Å². The molecule has 3 unspecified atom stereocenters. The summed E-state index contributed by atoms with van der Waals surface area (Å²) in [6.07, 6.45) is 23.1. The normalized spacial score (nSPS) is 12.5. The van der Waals surface area contributed by atoms with Gasteiger partial charge in [0.15, 0.2) is 5.25 Å². The van der Waals surface area contributed by atoms with Crippen molar-refractivity contribution in [2.45, 2.75) is 200 Å². The van der Waals surface area contributed by atoms with Crippen molar-refractivity contribution in [2.75, 3.05) is 26.4 Å². The zero-order chi connectivity index (χ0) is 42.5. The summed E-state index contributed by atoms with van der Waals surface area (Å²) in [7, 11) is -4.76. The maximum Gasteiger partial charge on any atom is 1.00 e. The molecule has 0 aliphatic carbocycles. The van der Waals surface area contributed by atoms with E-state index in [1.807, 2.05) is 13.8 Å². The van der Waals surface area contributed by atoms with E-state index in [1.54, 1.807) is 0 Å². The second-order valence-electron chi connectivity index (χ2n) is 14.7. The molecule has 0 heterocycles. The van der Waals surface area contributed by atoms with Crippen LogP contribution in [0.25, 0.3) is 0 Å². The Bertz CT molecular complexity index is 1140. The third-order valence-corrected chi connectivity index (χ3v) is 10.7. The molecule has 0 saturated carbocycles. The van der Waals surface area contributed by atoms with Gasteiger partial charge in [-0.2, -0.15) is 8.42 Å². The topological polar surface area (TPSA) is 197 Å².